The molecule has 7 heteroatoms. The van der Waals surface area contributed by atoms with Gasteiger partial charge in [0.15, 0.2) is 0 Å². The largest absolute Gasteiger partial charge is 0.366 e. The first kappa shape index (κ1) is 14.6. The second-order valence-electron chi connectivity index (χ2n) is 6.04. The topological polar surface area (TPSA) is 89.4 Å². The van der Waals surface area contributed by atoms with Crippen LogP contribution in [0.2, 0.25) is 0 Å². The number of carbonyl (C=O) groups is 1. The van der Waals surface area contributed by atoms with Crippen LogP contribution in [-0.2, 0) is 17.6 Å². The van der Waals surface area contributed by atoms with Gasteiger partial charge in [0, 0.05) is 29.2 Å². The molecule has 1 aliphatic heterocycles. The molecule has 0 bridgehead atoms. The zero-order valence-corrected chi connectivity index (χ0v) is 13.7. The first-order valence-corrected chi connectivity index (χ1v) is 7.91. The minimum atomic E-state index is 0.0698. The van der Waals surface area contributed by atoms with E-state index in [1.54, 1.807) is 4.52 Å². The molecule has 0 spiro atoms. The molecule has 122 valence electrons. The lowest BCUT2D eigenvalue weighted by Gasteiger charge is -2.18. The number of nitrogen functional groups attached to an aromatic ring is 1. The highest BCUT2D eigenvalue weighted by Gasteiger charge is 2.25. The molecule has 1 aromatic carbocycles. The summed E-state index contributed by atoms with van der Waals surface area (Å²) in [7, 11) is 0. The zero-order chi connectivity index (χ0) is 16.8. The molecule has 0 saturated heterocycles. The van der Waals surface area contributed by atoms with Gasteiger partial charge in [-0.1, -0.05) is 18.2 Å². The first-order valence-electron chi connectivity index (χ1n) is 7.91. The summed E-state index contributed by atoms with van der Waals surface area (Å²) in [4.78, 5) is 23.2. The molecule has 3 heterocycles. The van der Waals surface area contributed by atoms with E-state index in [1.807, 2.05) is 36.9 Å². The monoisotopic (exact) mass is 322 g/mol. The minimum absolute atomic E-state index is 0.0698. The van der Waals surface area contributed by atoms with E-state index in [0.29, 0.717) is 5.78 Å². The summed E-state index contributed by atoms with van der Waals surface area (Å²) in [5.74, 6) is 0.715. The van der Waals surface area contributed by atoms with Crippen molar-refractivity contribution in [1.29, 1.82) is 0 Å². The Morgan fingerprint density at radius 3 is 2.88 bits per heavy atom. The van der Waals surface area contributed by atoms with Crippen molar-refractivity contribution < 1.29 is 4.79 Å². The Morgan fingerprint density at radius 2 is 2.04 bits per heavy atom. The summed E-state index contributed by atoms with van der Waals surface area (Å²) in [5.41, 5.74) is 10.4. The number of carbonyl (C=O) groups excluding carboxylic acids is 1. The summed E-state index contributed by atoms with van der Waals surface area (Å²) in [5, 5.41) is 4.15. The number of hydrogen-bond donors (Lipinski definition) is 1. The van der Waals surface area contributed by atoms with Crippen LogP contribution in [-0.4, -0.2) is 32.0 Å². The van der Waals surface area contributed by atoms with Crippen molar-refractivity contribution >= 4 is 23.3 Å². The van der Waals surface area contributed by atoms with E-state index in [9.17, 15) is 4.79 Å². The number of benzene rings is 1. The Labute approximate surface area is 139 Å². The zero-order valence-electron chi connectivity index (χ0n) is 13.7. The van der Waals surface area contributed by atoms with Gasteiger partial charge in [-0.25, -0.2) is 4.98 Å². The fourth-order valence-corrected chi connectivity index (χ4v) is 3.32. The van der Waals surface area contributed by atoms with Crippen molar-refractivity contribution in [2.45, 2.75) is 26.7 Å². The van der Waals surface area contributed by atoms with E-state index in [1.165, 1.54) is 5.56 Å². The molecule has 0 unspecified atom stereocenters. The quantitative estimate of drug-likeness (QED) is 0.771. The molecule has 0 aliphatic carbocycles. The SMILES string of the molecule is Cc1nc2nc(N)nn2c(C)c1CC(=O)N1CCc2ccccc21. The molecule has 0 saturated carbocycles. The molecule has 1 aliphatic rings. The van der Waals surface area contributed by atoms with Crippen molar-refractivity contribution in [3.8, 4) is 0 Å². The number of hydrogen-bond acceptors (Lipinski definition) is 5. The summed E-state index contributed by atoms with van der Waals surface area (Å²) < 4.78 is 1.60. The second kappa shape index (κ2) is 5.30. The molecule has 2 N–H and O–H groups in total. The van der Waals surface area contributed by atoms with Crippen LogP contribution in [0.25, 0.3) is 5.78 Å². The third kappa shape index (κ3) is 2.20. The van der Waals surface area contributed by atoms with E-state index in [-0.39, 0.29) is 18.3 Å². The van der Waals surface area contributed by atoms with E-state index in [2.05, 4.69) is 21.1 Å². The molecule has 7 nitrogen and oxygen atoms in total. The highest BCUT2D eigenvalue weighted by molar-refractivity contribution is 5.96. The normalized spacial score (nSPS) is 13.5. The average molecular weight is 322 g/mol. The smallest absolute Gasteiger partial charge is 0.254 e. The highest BCUT2D eigenvalue weighted by atomic mass is 16.2. The van der Waals surface area contributed by atoms with Gasteiger partial charge in [-0.3, -0.25) is 4.79 Å². The number of nitrogens with zero attached hydrogens (tertiary/aromatic N) is 5. The van der Waals surface area contributed by atoms with Gasteiger partial charge in [-0.05, 0) is 31.9 Å². The minimum Gasteiger partial charge on any atom is -0.366 e. The number of fused-ring (bicyclic) bond motifs is 2. The second-order valence-corrected chi connectivity index (χ2v) is 6.04. The number of rotatable bonds is 2. The Hall–Kier alpha value is -2.96. The molecule has 0 radical (unpaired) electrons. The van der Waals surface area contributed by atoms with Gasteiger partial charge >= 0.3 is 0 Å². The molecule has 3 aromatic rings. The van der Waals surface area contributed by atoms with Crippen LogP contribution in [0.1, 0.15) is 22.5 Å². The number of para-hydroxylation sites is 1. The Morgan fingerprint density at radius 1 is 1.25 bits per heavy atom. The maximum absolute atomic E-state index is 12.9. The fourth-order valence-electron chi connectivity index (χ4n) is 3.32. The van der Waals surface area contributed by atoms with Gasteiger partial charge in [-0.2, -0.15) is 9.50 Å². The van der Waals surface area contributed by atoms with Gasteiger partial charge in [0.1, 0.15) is 0 Å². The van der Waals surface area contributed by atoms with Gasteiger partial charge < -0.3 is 10.6 Å². The third-order valence-corrected chi connectivity index (χ3v) is 4.58. The molecule has 24 heavy (non-hydrogen) atoms. The number of aromatic nitrogens is 4. The van der Waals surface area contributed by atoms with Crippen LogP contribution in [0.4, 0.5) is 11.6 Å². The van der Waals surface area contributed by atoms with Gasteiger partial charge in [0.05, 0.1) is 6.42 Å². The van der Waals surface area contributed by atoms with E-state index < -0.39 is 0 Å². The van der Waals surface area contributed by atoms with Crippen molar-refractivity contribution in [1.82, 2.24) is 19.6 Å². The van der Waals surface area contributed by atoms with Crippen LogP contribution in [0, 0.1) is 13.8 Å². The molecule has 4 rings (SSSR count). The first-order chi connectivity index (χ1) is 11.5. The summed E-state index contributed by atoms with van der Waals surface area (Å²) in [6, 6.07) is 8.05. The average Bonchev–Trinajstić information content (AvgIpc) is 3.14. The number of aryl methyl sites for hydroxylation is 2. The van der Waals surface area contributed by atoms with Gasteiger partial charge in [0.2, 0.25) is 11.9 Å². The molecule has 0 fully saturated rings. The lowest BCUT2D eigenvalue weighted by molar-refractivity contribution is -0.117. The van der Waals surface area contributed by atoms with E-state index in [0.717, 1.165) is 35.6 Å². The van der Waals surface area contributed by atoms with Crippen LogP contribution < -0.4 is 10.6 Å². The molecule has 1 amide bonds. The van der Waals surface area contributed by atoms with Crippen LogP contribution >= 0.6 is 0 Å². The van der Waals surface area contributed by atoms with Crippen LogP contribution in [0.15, 0.2) is 24.3 Å². The Bertz CT molecular complexity index is 961. The Balaban J connectivity index is 1.69. The predicted octanol–water partition coefficient (Wildman–Crippen LogP) is 1.46. The summed E-state index contributed by atoms with van der Waals surface area (Å²) in [6.07, 6.45) is 1.19. The van der Waals surface area contributed by atoms with E-state index in [4.69, 9.17) is 5.73 Å². The van der Waals surface area contributed by atoms with Crippen molar-refractivity contribution in [2.24, 2.45) is 0 Å². The molecule has 2 aromatic heterocycles. The molecular weight excluding hydrogens is 304 g/mol. The van der Waals surface area contributed by atoms with Gasteiger partial charge in [-0.15, -0.1) is 5.10 Å². The summed E-state index contributed by atoms with van der Waals surface area (Å²) >= 11 is 0. The van der Waals surface area contributed by atoms with Crippen molar-refractivity contribution in [3.05, 3.63) is 46.8 Å². The van der Waals surface area contributed by atoms with Gasteiger partial charge in [0.25, 0.3) is 5.78 Å². The van der Waals surface area contributed by atoms with Crippen molar-refractivity contribution in [2.75, 3.05) is 17.2 Å². The molecule has 0 atom stereocenters. The maximum atomic E-state index is 12.9. The van der Waals surface area contributed by atoms with Crippen molar-refractivity contribution in [3.63, 3.8) is 0 Å². The standard InChI is InChI=1S/C17H18N6O/c1-10-13(11(2)23-17(19-10)20-16(18)21-23)9-15(24)22-8-7-12-5-3-4-6-14(12)22/h3-6H,7-9H2,1-2H3,(H2,18,21). The third-order valence-electron chi connectivity index (χ3n) is 4.58. The fraction of sp³-hybridized carbons (Fsp3) is 0.294. The van der Waals surface area contributed by atoms with Crippen LogP contribution in [0.3, 0.4) is 0 Å². The lowest BCUT2D eigenvalue weighted by Crippen LogP contribution is -2.31. The number of amides is 1. The summed E-state index contributed by atoms with van der Waals surface area (Å²) in [6.45, 7) is 4.52. The number of nitrogens with two attached hydrogens (primary N) is 1. The van der Waals surface area contributed by atoms with E-state index >= 15 is 0 Å². The highest BCUT2D eigenvalue weighted by Crippen LogP contribution is 2.28. The predicted molar refractivity (Wildman–Crippen MR) is 90.9 cm³/mol. The molecular formula is C17H18N6O. The lowest BCUT2D eigenvalue weighted by atomic mass is 10.1. The Kier molecular flexibility index (Phi) is 3.23. The maximum Gasteiger partial charge on any atom is 0.254 e. The van der Waals surface area contributed by atoms with Crippen LogP contribution in [0.5, 0.6) is 0 Å². The number of anilines is 2.